The summed E-state index contributed by atoms with van der Waals surface area (Å²) in [6.45, 7) is 3.21. The molecule has 1 N–H and O–H groups in total. The van der Waals surface area contributed by atoms with E-state index in [-0.39, 0.29) is 66.0 Å². The molecular weight excluding hydrogens is 507 g/mol. The molecule has 0 unspecified atom stereocenters. The third kappa shape index (κ3) is 6.04. The van der Waals surface area contributed by atoms with Crippen molar-refractivity contribution in [1.82, 2.24) is 14.5 Å². The molecule has 1 heterocycles. The molecule has 0 spiro atoms. The molecule has 0 radical (unpaired) electrons. The van der Waals surface area contributed by atoms with Gasteiger partial charge in [0.15, 0.2) is 0 Å². The Balaban J connectivity index is 0.00000363. The number of carbonyl (C=O) groups excluding carboxylic acids is 1. The van der Waals surface area contributed by atoms with Crippen molar-refractivity contribution in [3.8, 4) is 0 Å². The fourth-order valence-electron chi connectivity index (χ4n) is 4.36. The summed E-state index contributed by atoms with van der Waals surface area (Å²) in [5.41, 5.74) is -0.520. The molecule has 0 bridgehead atoms. The largest absolute Gasteiger partial charge is 0.350 e. The first-order chi connectivity index (χ1) is 14.5. The van der Waals surface area contributed by atoms with Crippen molar-refractivity contribution in [2.24, 2.45) is 0 Å². The summed E-state index contributed by atoms with van der Waals surface area (Å²) < 4.78 is 53.6. The monoisotopic (exact) mass is 533 g/mol. The molecule has 0 atom stereocenters. The number of halogens is 5. The zero-order valence-corrected chi connectivity index (χ0v) is 20.9. The second-order valence-electron chi connectivity index (χ2n) is 8.15. The molecule has 1 aliphatic carbocycles. The summed E-state index contributed by atoms with van der Waals surface area (Å²) in [4.78, 5) is 14.8. The molecule has 1 aliphatic heterocycles. The number of sulfonamides is 1. The lowest BCUT2D eigenvalue weighted by atomic mass is 9.78. The Morgan fingerprint density at radius 2 is 1.59 bits per heavy atom. The van der Waals surface area contributed by atoms with Gasteiger partial charge in [-0.2, -0.15) is 4.31 Å². The van der Waals surface area contributed by atoms with Crippen LogP contribution in [0.2, 0.25) is 10.0 Å². The molecule has 2 aliphatic rings. The first kappa shape index (κ1) is 27.5. The number of hydrogen-bond donors (Lipinski definition) is 1. The van der Waals surface area contributed by atoms with Gasteiger partial charge in [-0.1, -0.05) is 29.3 Å². The lowest BCUT2D eigenvalue weighted by Gasteiger charge is -2.50. The number of amides is 1. The second-order valence-corrected chi connectivity index (χ2v) is 11.2. The van der Waals surface area contributed by atoms with Crippen molar-refractivity contribution in [2.75, 3.05) is 38.5 Å². The maximum absolute atomic E-state index is 13.9. The SMILES string of the molecule is CCS(=O)(=O)N1CCN(C2(CNC(=O)c3c(Cl)cccc3Cl)CCC(F)(F)CC2)CC1.Cl. The Morgan fingerprint density at radius 3 is 2.09 bits per heavy atom. The molecule has 3 rings (SSSR count). The Hall–Kier alpha value is -0.710. The highest BCUT2D eigenvalue weighted by molar-refractivity contribution is 7.89. The molecule has 182 valence electrons. The van der Waals surface area contributed by atoms with Gasteiger partial charge in [-0.25, -0.2) is 17.2 Å². The zero-order chi connectivity index (χ0) is 22.9. The van der Waals surface area contributed by atoms with E-state index in [0.29, 0.717) is 26.2 Å². The fourth-order valence-corrected chi connectivity index (χ4v) is 6.01. The number of benzene rings is 1. The predicted molar refractivity (Wildman–Crippen MR) is 125 cm³/mol. The number of hydrogen-bond acceptors (Lipinski definition) is 4. The van der Waals surface area contributed by atoms with Gasteiger partial charge in [-0.3, -0.25) is 9.69 Å². The fraction of sp³-hybridized carbons (Fsp3) is 0.650. The molecule has 6 nitrogen and oxygen atoms in total. The lowest BCUT2D eigenvalue weighted by molar-refractivity contribution is -0.0856. The van der Waals surface area contributed by atoms with Crippen molar-refractivity contribution in [3.63, 3.8) is 0 Å². The van der Waals surface area contributed by atoms with Crippen LogP contribution in [-0.2, 0) is 10.0 Å². The van der Waals surface area contributed by atoms with Crippen LogP contribution < -0.4 is 5.32 Å². The molecule has 1 aromatic carbocycles. The summed E-state index contributed by atoms with van der Waals surface area (Å²) in [5, 5.41) is 3.27. The maximum atomic E-state index is 13.9. The van der Waals surface area contributed by atoms with E-state index in [1.807, 2.05) is 0 Å². The second kappa shape index (κ2) is 10.7. The highest BCUT2D eigenvalue weighted by atomic mass is 35.5. The van der Waals surface area contributed by atoms with Crippen LogP contribution in [0.4, 0.5) is 8.78 Å². The van der Waals surface area contributed by atoms with Gasteiger partial charge in [0, 0.05) is 51.1 Å². The van der Waals surface area contributed by atoms with E-state index in [2.05, 4.69) is 10.2 Å². The Bertz CT molecular complexity index is 896. The molecule has 32 heavy (non-hydrogen) atoms. The average Bonchev–Trinajstić information content (AvgIpc) is 2.73. The molecule has 1 aromatic rings. The lowest BCUT2D eigenvalue weighted by Crippen LogP contribution is -2.63. The van der Waals surface area contributed by atoms with E-state index in [1.54, 1.807) is 25.1 Å². The summed E-state index contributed by atoms with van der Waals surface area (Å²) in [6, 6.07) is 4.76. The van der Waals surface area contributed by atoms with E-state index in [9.17, 15) is 22.0 Å². The molecule has 0 aromatic heterocycles. The molecule has 1 amide bonds. The van der Waals surface area contributed by atoms with Crippen molar-refractivity contribution < 1.29 is 22.0 Å². The maximum Gasteiger partial charge on any atom is 0.254 e. The third-order valence-corrected chi connectivity index (χ3v) is 8.86. The Kier molecular flexibility index (Phi) is 9.20. The van der Waals surface area contributed by atoms with Crippen LogP contribution in [0.5, 0.6) is 0 Å². The number of carbonyl (C=O) groups is 1. The standard InChI is InChI=1S/C20H27Cl2F2N3O3S.ClH/c1-2-31(29,30)27-12-10-26(11-13-27)19(6-8-20(23,24)9-7-19)14-25-18(28)17-15(21)4-3-5-16(17)22;/h3-5H,2,6-14H2,1H3,(H,25,28);1H. The number of nitrogens with zero attached hydrogens (tertiary/aromatic N) is 2. The number of rotatable bonds is 6. The van der Waals surface area contributed by atoms with E-state index >= 15 is 0 Å². The Morgan fingerprint density at radius 1 is 1.06 bits per heavy atom. The van der Waals surface area contributed by atoms with E-state index in [0.717, 1.165) is 0 Å². The normalized spacial score (nSPS) is 21.5. The first-order valence-corrected chi connectivity index (χ1v) is 12.7. The number of piperazine rings is 1. The minimum Gasteiger partial charge on any atom is -0.350 e. The van der Waals surface area contributed by atoms with E-state index < -0.39 is 27.4 Å². The van der Waals surface area contributed by atoms with Gasteiger partial charge < -0.3 is 5.32 Å². The van der Waals surface area contributed by atoms with Crippen molar-refractivity contribution in [3.05, 3.63) is 33.8 Å². The topological polar surface area (TPSA) is 69.7 Å². The van der Waals surface area contributed by atoms with Crippen molar-refractivity contribution >= 4 is 51.5 Å². The quantitative estimate of drug-likeness (QED) is 0.598. The van der Waals surface area contributed by atoms with Gasteiger partial charge >= 0.3 is 0 Å². The number of nitrogens with one attached hydrogen (secondary N) is 1. The van der Waals surface area contributed by atoms with Crippen LogP contribution in [0.25, 0.3) is 0 Å². The smallest absolute Gasteiger partial charge is 0.254 e. The van der Waals surface area contributed by atoms with Gasteiger partial charge in [0.25, 0.3) is 5.91 Å². The predicted octanol–water partition coefficient (Wildman–Crippen LogP) is 4.06. The van der Waals surface area contributed by atoms with Gasteiger partial charge in [0.05, 0.1) is 21.4 Å². The van der Waals surface area contributed by atoms with Gasteiger partial charge in [0.2, 0.25) is 15.9 Å². The molecule has 1 saturated carbocycles. The first-order valence-electron chi connectivity index (χ1n) is 10.3. The Labute approximate surface area is 204 Å². The van der Waals surface area contributed by atoms with Crippen molar-refractivity contribution in [1.29, 1.82) is 0 Å². The molecule has 1 saturated heterocycles. The minimum absolute atomic E-state index is 0. The average molecular weight is 535 g/mol. The van der Waals surface area contributed by atoms with Gasteiger partial charge in [-0.15, -0.1) is 12.4 Å². The van der Waals surface area contributed by atoms with Crippen LogP contribution in [-0.4, -0.2) is 73.5 Å². The summed E-state index contributed by atoms with van der Waals surface area (Å²) in [6.07, 6.45) is -0.138. The third-order valence-electron chi connectivity index (χ3n) is 6.35. The minimum atomic E-state index is -3.30. The van der Waals surface area contributed by atoms with E-state index in [1.165, 1.54) is 4.31 Å². The van der Waals surface area contributed by atoms with Crippen LogP contribution in [0.1, 0.15) is 43.0 Å². The van der Waals surface area contributed by atoms with Crippen LogP contribution >= 0.6 is 35.6 Å². The van der Waals surface area contributed by atoms with E-state index in [4.69, 9.17) is 23.2 Å². The zero-order valence-electron chi connectivity index (χ0n) is 17.8. The van der Waals surface area contributed by atoms with Crippen LogP contribution in [0.15, 0.2) is 18.2 Å². The summed E-state index contributed by atoms with van der Waals surface area (Å²) in [7, 11) is -3.30. The molecule has 12 heteroatoms. The number of alkyl halides is 2. The van der Waals surface area contributed by atoms with Crippen LogP contribution in [0.3, 0.4) is 0 Å². The summed E-state index contributed by atoms with van der Waals surface area (Å²) >= 11 is 12.2. The summed E-state index contributed by atoms with van der Waals surface area (Å²) in [5.74, 6) is -3.16. The van der Waals surface area contributed by atoms with Gasteiger partial charge in [-0.05, 0) is 31.9 Å². The molecule has 2 fully saturated rings. The van der Waals surface area contributed by atoms with Crippen molar-refractivity contribution in [2.45, 2.75) is 44.1 Å². The van der Waals surface area contributed by atoms with Gasteiger partial charge in [0.1, 0.15) is 0 Å². The highest BCUT2D eigenvalue weighted by Gasteiger charge is 2.47. The highest BCUT2D eigenvalue weighted by Crippen LogP contribution is 2.42. The van der Waals surface area contributed by atoms with Crippen LogP contribution in [0, 0.1) is 0 Å². The molecular formula is C20H28Cl3F2N3O3S.